The Kier molecular flexibility index (Phi) is 5.63. The average molecular weight is 400 g/mol. The summed E-state index contributed by atoms with van der Waals surface area (Å²) < 4.78 is 0. The number of benzene rings is 2. The lowest BCUT2D eigenvalue weighted by molar-refractivity contribution is 1.33. The number of rotatable bonds is 4. The molecule has 3 aromatic rings. The minimum atomic E-state index is 0.474. The van der Waals surface area contributed by atoms with Crippen molar-refractivity contribution in [3.63, 3.8) is 0 Å². The predicted molar refractivity (Wildman–Crippen MR) is 111 cm³/mol. The van der Waals surface area contributed by atoms with Gasteiger partial charge in [-0.3, -0.25) is 0 Å². The highest BCUT2D eigenvalue weighted by Gasteiger charge is 2.10. The van der Waals surface area contributed by atoms with Crippen molar-refractivity contribution < 1.29 is 0 Å². The summed E-state index contributed by atoms with van der Waals surface area (Å²) in [6, 6.07) is 13.6. The first kappa shape index (κ1) is 18.5. The fraction of sp³-hybridized carbons (Fsp3) is 0.100. The summed E-state index contributed by atoms with van der Waals surface area (Å²) in [5.41, 5.74) is 5.41. The monoisotopic (exact) mass is 399 g/mol. The van der Waals surface area contributed by atoms with E-state index in [0.29, 0.717) is 20.6 Å². The van der Waals surface area contributed by atoms with E-state index in [1.54, 1.807) is 18.3 Å². The van der Waals surface area contributed by atoms with E-state index in [1.165, 1.54) is 16.9 Å². The van der Waals surface area contributed by atoms with Crippen molar-refractivity contribution in [2.45, 2.75) is 13.8 Å². The van der Waals surface area contributed by atoms with Gasteiger partial charge in [-0.25, -0.2) is 4.98 Å². The van der Waals surface area contributed by atoms with Crippen molar-refractivity contribution in [2.75, 3.05) is 5.32 Å². The van der Waals surface area contributed by atoms with Gasteiger partial charge in [-0.1, -0.05) is 41.4 Å². The standard InChI is InChI=1S/C20H15Cl2N3S/c1-12-4-3-5-18(13(12)2)24-10-15(9-23)20-25-19(11-26-20)14-6-7-16(21)17(22)8-14/h3-8,10-11,24H,1-2H3/b15-10-. The summed E-state index contributed by atoms with van der Waals surface area (Å²) in [7, 11) is 0. The highest BCUT2D eigenvalue weighted by molar-refractivity contribution is 7.11. The van der Waals surface area contributed by atoms with Crippen LogP contribution in [0.4, 0.5) is 5.69 Å². The Morgan fingerprint density at radius 3 is 2.73 bits per heavy atom. The third-order valence-electron chi connectivity index (χ3n) is 4.05. The first-order chi connectivity index (χ1) is 12.5. The molecule has 0 aliphatic heterocycles. The number of aryl methyl sites for hydroxylation is 1. The van der Waals surface area contributed by atoms with Gasteiger partial charge in [0.05, 0.1) is 15.7 Å². The van der Waals surface area contributed by atoms with E-state index in [-0.39, 0.29) is 0 Å². The molecular weight excluding hydrogens is 385 g/mol. The van der Waals surface area contributed by atoms with E-state index in [1.807, 2.05) is 30.5 Å². The molecule has 3 nitrogen and oxygen atoms in total. The Hall–Kier alpha value is -2.32. The number of halogens is 2. The summed E-state index contributed by atoms with van der Waals surface area (Å²) in [6.07, 6.45) is 1.69. The number of hydrogen-bond acceptors (Lipinski definition) is 4. The molecule has 0 bridgehead atoms. The van der Waals surface area contributed by atoms with E-state index in [4.69, 9.17) is 23.2 Å². The topological polar surface area (TPSA) is 48.7 Å². The van der Waals surface area contributed by atoms with Crippen molar-refractivity contribution >= 4 is 45.8 Å². The largest absolute Gasteiger partial charge is 0.360 e. The predicted octanol–water partition coefficient (Wildman–Crippen LogP) is 6.71. The molecule has 1 heterocycles. The van der Waals surface area contributed by atoms with Crippen LogP contribution in [0.5, 0.6) is 0 Å². The van der Waals surface area contributed by atoms with Crippen LogP contribution in [0, 0.1) is 25.2 Å². The van der Waals surface area contributed by atoms with Crippen molar-refractivity contribution in [1.82, 2.24) is 4.98 Å². The number of aromatic nitrogens is 1. The lowest BCUT2D eigenvalue weighted by atomic mass is 10.1. The molecule has 0 aliphatic carbocycles. The summed E-state index contributed by atoms with van der Waals surface area (Å²) in [5.74, 6) is 0. The Morgan fingerprint density at radius 2 is 2.00 bits per heavy atom. The van der Waals surface area contributed by atoms with Crippen molar-refractivity contribution in [3.8, 4) is 17.3 Å². The van der Waals surface area contributed by atoms with Gasteiger partial charge in [0.1, 0.15) is 16.6 Å². The lowest BCUT2D eigenvalue weighted by Crippen LogP contribution is -1.95. The first-order valence-electron chi connectivity index (χ1n) is 7.84. The average Bonchev–Trinajstić information content (AvgIpc) is 3.11. The second-order valence-corrected chi connectivity index (χ2v) is 7.40. The number of hydrogen-bond donors (Lipinski definition) is 1. The molecule has 0 aliphatic rings. The van der Waals surface area contributed by atoms with Gasteiger partial charge in [0.2, 0.25) is 0 Å². The van der Waals surface area contributed by atoms with Crippen molar-refractivity contribution in [3.05, 3.63) is 74.2 Å². The van der Waals surface area contributed by atoms with Crippen LogP contribution in [-0.4, -0.2) is 4.98 Å². The number of nitriles is 1. The van der Waals surface area contributed by atoms with Crippen LogP contribution in [0.2, 0.25) is 10.0 Å². The fourth-order valence-electron chi connectivity index (χ4n) is 2.38. The zero-order valence-electron chi connectivity index (χ0n) is 14.2. The molecular formula is C20H15Cl2N3S. The minimum absolute atomic E-state index is 0.474. The number of nitrogens with zero attached hydrogens (tertiary/aromatic N) is 2. The Balaban J connectivity index is 1.87. The quantitative estimate of drug-likeness (QED) is 0.495. The summed E-state index contributed by atoms with van der Waals surface area (Å²) >= 11 is 13.4. The van der Waals surface area contributed by atoms with Crippen LogP contribution < -0.4 is 5.32 Å². The smallest absolute Gasteiger partial charge is 0.136 e. The van der Waals surface area contributed by atoms with E-state index < -0.39 is 0 Å². The number of nitrogens with one attached hydrogen (secondary N) is 1. The van der Waals surface area contributed by atoms with Gasteiger partial charge in [0.15, 0.2) is 0 Å². The molecule has 0 saturated heterocycles. The fourth-order valence-corrected chi connectivity index (χ4v) is 3.48. The summed E-state index contributed by atoms with van der Waals surface area (Å²) in [4.78, 5) is 4.56. The van der Waals surface area contributed by atoms with E-state index in [0.717, 1.165) is 22.5 Å². The molecule has 2 aromatic carbocycles. The van der Waals surface area contributed by atoms with E-state index in [2.05, 4.69) is 29.4 Å². The Morgan fingerprint density at radius 1 is 1.19 bits per heavy atom. The van der Waals surface area contributed by atoms with Gasteiger partial charge in [-0.2, -0.15) is 5.26 Å². The van der Waals surface area contributed by atoms with Crippen LogP contribution >= 0.6 is 34.5 Å². The molecule has 0 fully saturated rings. The normalized spacial score (nSPS) is 11.3. The highest BCUT2D eigenvalue weighted by Crippen LogP contribution is 2.31. The molecule has 0 amide bonds. The molecule has 0 spiro atoms. The van der Waals surface area contributed by atoms with Crippen LogP contribution in [0.1, 0.15) is 16.1 Å². The van der Waals surface area contributed by atoms with E-state index in [9.17, 15) is 5.26 Å². The Labute approximate surface area is 166 Å². The second kappa shape index (κ2) is 7.92. The molecule has 0 unspecified atom stereocenters. The molecule has 3 rings (SSSR count). The van der Waals surface area contributed by atoms with Crippen molar-refractivity contribution in [1.29, 1.82) is 5.26 Å². The molecule has 0 radical (unpaired) electrons. The van der Waals surface area contributed by atoms with Crippen LogP contribution in [0.3, 0.4) is 0 Å². The van der Waals surface area contributed by atoms with Gasteiger partial charge >= 0.3 is 0 Å². The second-order valence-electron chi connectivity index (χ2n) is 5.73. The molecule has 130 valence electrons. The zero-order valence-corrected chi connectivity index (χ0v) is 16.5. The minimum Gasteiger partial charge on any atom is -0.360 e. The zero-order chi connectivity index (χ0) is 18.7. The van der Waals surface area contributed by atoms with Gasteiger partial charge < -0.3 is 5.32 Å². The molecule has 1 N–H and O–H groups in total. The summed E-state index contributed by atoms with van der Waals surface area (Å²) in [5, 5.41) is 16.2. The van der Waals surface area contributed by atoms with Crippen LogP contribution in [0.25, 0.3) is 16.8 Å². The molecule has 0 atom stereocenters. The maximum Gasteiger partial charge on any atom is 0.136 e. The van der Waals surface area contributed by atoms with Gasteiger partial charge in [-0.15, -0.1) is 11.3 Å². The van der Waals surface area contributed by atoms with Gasteiger partial charge in [0, 0.05) is 22.8 Å². The van der Waals surface area contributed by atoms with Crippen LogP contribution in [-0.2, 0) is 0 Å². The first-order valence-corrected chi connectivity index (χ1v) is 9.47. The van der Waals surface area contributed by atoms with Crippen LogP contribution in [0.15, 0.2) is 48.0 Å². The highest BCUT2D eigenvalue weighted by atomic mass is 35.5. The third kappa shape index (κ3) is 3.91. The lowest BCUT2D eigenvalue weighted by Gasteiger charge is -2.08. The number of thiazole rings is 1. The summed E-state index contributed by atoms with van der Waals surface area (Å²) in [6.45, 7) is 4.10. The van der Waals surface area contributed by atoms with Crippen molar-refractivity contribution in [2.24, 2.45) is 0 Å². The molecule has 6 heteroatoms. The maximum atomic E-state index is 9.51. The van der Waals surface area contributed by atoms with E-state index >= 15 is 0 Å². The molecule has 26 heavy (non-hydrogen) atoms. The number of allylic oxidation sites excluding steroid dienone is 1. The van der Waals surface area contributed by atoms with Gasteiger partial charge in [-0.05, 0) is 43.2 Å². The van der Waals surface area contributed by atoms with Gasteiger partial charge in [0.25, 0.3) is 0 Å². The Bertz CT molecular complexity index is 1030. The SMILES string of the molecule is Cc1cccc(N/C=C(/C#N)c2nc(-c3ccc(Cl)c(Cl)c3)cs2)c1C. The number of anilines is 1. The maximum absolute atomic E-state index is 9.51. The molecule has 1 aromatic heterocycles. The third-order valence-corrected chi connectivity index (χ3v) is 5.66. The molecule has 0 saturated carbocycles.